The van der Waals surface area contributed by atoms with Gasteiger partial charge in [-0.15, -0.1) is 0 Å². The summed E-state index contributed by atoms with van der Waals surface area (Å²) in [6, 6.07) is 0.654. The first-order valence-electron chi connectivity index (χ1n) is 18.3. The van der Waals surface area contributed by atoms with Crippen LogP contribution in [0.5, 0.6) is 0 Å². The van der Waals surface area contributed by atoms with Crippen molar-refractivity contribution < 1.29 is 5.11 Å². The van der Waals surface area contributed by atoms with E-state index in [1.165, 1.54) is 172 Å². The van der Waals surface area contributed by atoms with Crippen LogP contribution in [0, 0.1) is 5.21 Å². The third-order valence-electron chi connectivity index (χ3n) is 8.96. The molecule has 1 atom stereocenters. The van der Waals surface area contributed by atoms with E-state index in [1.807, 2.05) is 0 Å². The molecule has 4 heteroatoms. The highest BCUT2D eigenvalue weighted by molar-refractivity contribution is 4.65. The first-order chi connectivity index (χ1) is 19.6. The van der Waals surface area contributed by atoms with E-state index >= 15 is 0 Å². The van der Waals surface area contributed by atoms with Gasteiger partial charge < -0.3 is 20.3 Å². The number of unbranched alkanes of at least 4 members (excludes halogenated alkanes) is 24. The topological polar surface area (TPSA) is 49.8 Å². The van der Waals surface area contributed by atoms with Gasteiger partial charge in [0.15, 0.2) is 0 Å². The van der Waals surface area contributed by atoms with Gasteiger partial charge in [-0.3, -0.25) is 0 Å². The van der Waals surface area contributed by atoms with Crippen LogP contribution in [0.1, 0.15) is 194 Å². The maximum atomic E-state index is 12.1. The van der Waals surface area contributed by atoms with Crippen molar-refractivity contribution in [3.63, 3.8) is 0 Å². The molecule has 1 unspecified atom stereocenters. The number of nitrogens with zero attached hydrogens (tertiary/aromatic N) is 2. The molecule has 0 aromatic carbocycles. The Labute approximate surface area is 253 Å². The van der Waals surface area contributed by atoms with Crippen molar-refractivity contribution in [3.05, 3.63) is 5.21 Å². The number of hydroxylamine groups is 2. The van der Waals surface area contributed by atoms with Crippen LogP contribution < -0.4 is 0 Å². The van der Waals surface area contributed by atoms with E-state index in [-0.39, 0.29) is 0 Å². The van der Waals surface area contributed by atoms with Crippen LogP contribution in [0.15, 0.2) is 0 Å². The molecular weight excluding hydrogens is 492 g/mol. The first-order valence-corrected chi connectivity index (χ1v) is 18.3. The van der Waals surface area contributed by atoms with Crippen LogP contribution in [0.3, 0.4) is 0 Å². The Bertz CT molecular complexity index is 462. The summed E-state index contributed by atoms with van der Waals surface area (Å²) in [5.41, 5.74) is 0. The summed E-state index contributed by atoms with van der Waals surface area (Å²) in [5, 5.41) is 22.3. The fraction of sp³-hybridized carbons (Fsp3) is 1.00. The van der Waals surface area contributed by atoms with E-state index in [1.54, 1.807) is 0 Å². The number of hydrogen-bond acceptors (Lipinski definition) is 4. The minimum atomic E-state index is 0.358. The molecule has 0 spiro atoms. The Morgan fingerprint density at radius 3 is 1.20 bits per heavy atom. The Morgan fingerprint density at radius 1 is 0.475 bits per heavy atom. The number of rotatable bonds is 34. The highest BCUT2D eigenvalue weighted by atomic mass is 16.5. The molecule has 0 heterocycles. The molecule has 0 amide bonds. The normalized spacial score (nSPS) is 12.7. The predicted molar refractivity (Wildman–Crippen MR) is 179 cm³/mol. The van der Waals surface area contributed by atoms with E-state index < -0.39 is 0 Å². The van der Waals surface area contributed by atoms with Crippen LogP contribution in [-0.4, -0.2) is 54.4 Å². The second kappa shape index (κ2) is 33.3. The third kappa shape index (κ3) is 30.8. The molecule has 0 radical (unpaired) electrons. The minimum Gasteiger partial charge on any atom is -0.785 e. The summed E-state index contributed by atoms with van der Waals surface area (Å²) < 4.78 is 0. The third-order valence-corrected chi connectivity index (χ3v) is 8.96. The number of aliphatic hydroxyl groups excluding tert-OH is 1. The second-order valence-electron chi connectivity index (χ2n) is 13.0. The van der Waals surface area contributed by atoms with Gasteiger partial charge in [0.25, 0.3) is 0 Å². The molecule has 0 aliphatic carbocycles. The molecule has 4 nitrogen and oxygen atoms in total. The quantitative estimate of drug-likeness (QED) is 0.0620. The van der Waals surface area contributed by atoms with Gasteiger partial charge in [-0.05, 0) is 65.7 Å². The van der Waals surface area contributed by atoms with Gasteiger partial charge in [-0.1, -0.05) is 155 Å². The van der Waals surface area contributed by atoms with Crippen LogP contribution in [0.4, 0.5) is 0 Å². The second-order valence-corrected chi connectivity index (χ2v) is 13.0. The van der Waals surface area contributed by atoms with E-state index in [0.717, 1.165) is 32.4 Å². The molecule has 242 valence electrons. The summed E-state index contributed by atoms with van der Waals surface area (Å²) in [6.45, 7) is 7.71. The van der Waals surface area contributed by atoms with Crippen molar-refractivity contribution in [1.82, 2.24) is 9.96 Å². The highest BCUT2D eigenvalue weighted by Crippen LogP contribution is 2.15. The zero-order valence-electron chi connectivity index (χ0n) is 28.0. The fourth-order valence-electron chi connectivity index (χ4n) is 5.83. The summed E-state index contributed by atoms with van der Waals surface area (Å²) in [5.74, 6) is 0. The molecule has 0 aromatic rings. The zero-order valence-corrected chi connectivity index (χ0v) is 28.0. The van der Waals surface area contributed by atoms with E-state index in [0.29, 0.717) is 12.6 Å². The Kier molecular flexibility index (Phi) is 33.2. The maximum Gasteiger partial charge on any atom is 0.0431 e. The summed E-state index contributed by atoms with van der Waals surface area (Å²) >= 11 is 0. The van der Waals surface area contributed by atoms with Gasteiger partial charge in [-0.2, -0.15) is 0 Å². The first kappa shape index (κ1) is 39.8. The van der Waals surface area contributed by atoms with E-state index in [9.17, 15) is 5.21 Å². The average molecular weight is 568 g/mol. The number of aliphatic hydroxyl groups is 1. The van der Waals surface area contributed by atoms with Crippen molar-refractivity contribution in [2.45, 2.75) is 200 Å². The summed E-state index contributed by atoms with van der Waals surface area (Å²) in [4.78, 5) is 2.55. The van der Waals surface area contributed by atoms with Gasteiger partial charge in [0.2, 0.25) is 0 Å². The zero-order chi connectivity index (χ0) is 29.4. The Balaban J connectivity index is 3.37. The SMILES string of the molecule is CCCCCCCCCCCCCCN([O-])CCCCCC(C)N(C)CCCCCCCCCCCCCCO. The molecule has 0 saturated heterocycles. The molecule has 0 fully saturated rings. The van der Waals surface area contributed by atoms with Crippen molar-refractivity contribution in [1.29, 1.82) is 0 Å². The van der Waals surface area contributed by atoms with Gasteiger partial charge >= 0.3 is 0 Å². The van der Waals surface area contributed by atoms with Crippen molar-refractivity contribution in [2.24, 2.45) is 0 Å². The van der Waals surface area contributed by atoms with Crippen molar-refractivity contribution in [2.75, 3.05) is 33.3 Å². The standard InChI is InChI=1S/C36H75N2O2/c1-4-5-6-7-8-9-10-14-17-20-23-28-33-38(40)34-29-25-26-31-36(2)37(3)32-27-22-19-16-13-11-12-15-18-21-24-30-35-39/h36,39H,4-35H2,1-3H3/q-1. The number of hydrogen-bond donors (Lipinski definition) is 1. The lowest BCUT2D eigenvalue weighted by Gasteiger charge is -2.28. The lowest BCUT2D eigenvalue weighted by Crippen LogP contribution is -2.30. The molecule has 0 bridgehead atoms. The summed E-state index contributed by atoms with van der Waals surface area (Å²) in [6.07, 6.45) is 36.9. The van der Waals surface area contributed by atoms with Gasteiger partial charge in [0, 0.05) is 12.6 Å². The monoisotopic (exact) mass is 568 g/mol. The molecule has 40 heavy (non-hydrogen) atoms. The fourth-order valence-corrected chi connectivity index (χ4v) is 5.83. The van der Waals surface area contributed by atoms with Crippen molar-refractivity contribution in [3.8, 4) is 0 Å². The lowest BCUT2D eigenvalue weighted by molar-refractivity contribution is 0.235. The van der Waals surface area contributed by atoms with E-state index in [2.05, 4.69) is 25.8 Å². The summed E-state index contributed by atoms with van der Waals surface area (Å²) in [7, 11) is 2.29. The highest BCUT2D eigenvalue weighted by Gasteiger charge is 2.08. The molecule has 0 saturated carbocycles. The van der Waals surface area contributed by atoms with Crippen LogP contribution in [0.25, 0.3) is 0 Å². The van der Waals surface area contributed by atoms with Crippen LogP contribution in [-0.2, 0) is 0 Å². The van der Waals surface area contributed by atoms with Gasteiger partial charge in [0.05, 0.1) is 0 Å². The smallest absolute Gasteiger partial charge is 0.0431 e. The molecule has 0 rings (SSSR count). The van der Waals surface area contributed by atoms with E-state index in [4.69, 9.17) is 5.11 Å². The predicted octanol–water partition coefficient (Wildman–Crippen LogP) is 11.0. The molecule has 0 aliphatic rings. The largest absolute Gasteiger partial charge is 0.785 e. The molecule has 0 aliphatic heterocycles. The van der Waals surface area contributed by atoms with Gasteiger partial charge in [0.1, 0.15) is 0 Å². The minimum absolute atomic E-state index is 0.358. The molecular formula is C36H75N2O2-. The lowest BCUT2D eigenvalue weighted by atomic mass is 10.0. The molecule has 1 N–H and O–H groups in total. The Hall–Kier alpha value is -0.160. The average Bonchev–Trinajstić information content (AvgIpc) is 2.95. The van der Waals surface area contributed by atoms with Gasteiger partial charge in [-0.25, -0.2) is 0 Å². The molecule has 0 aromatic heterocycles. The van der Waals surface area contributed by atoms with Crippen LogP contribution in [0.2, 0.25) is 0 Å². The van der Waals surface area contributed by atoms with Crippen LogP contribution >= 0.6 is 0 Å². The van der Waals surface area contributed by atoms with Crippen molar-refractivity contribution >= 4 is 0 Å². The maximum absolute atomic E-state index is 12.1. The Morgan fingerprint density at radius 2 is 0.800 bits per heavy atom.